The molecule has 8 nitrogen and oxygen atoms in total. The maximum atomic E-state index is 6.23. The number of nitrogens with zero attached hydrogens (tertiary/aromatic N) is 4. The number of pyridine rings is 1. The lowest BCUT2D eigenvalue weighted by molar-refractivity contribution is 0.460. The summed E-state index contributed by atoms with van der Waals surface area (Å²) < 4.78 is 1.77. The molecule has 2 aromatic heterocycles. The van der Waals surface area contributed by atoms with E-state index in [0.29, 0.717) is 5.95 Å². The van der Waals surface area contributed by atoms with Gasteiger partial charge in [-0.15, -0.1) is 5.10 Å². The van der Waals surface area contributed by atoms with Gasteiger partial charge in [-0.2, -0.15) is 9.67 Å². The minimum atomic E-state index is -0.00850. The van der Waals surface area contributed by atoms with Crippen LogP contribution in [0.15, 0.2) is 48.1 Å². The van der Waals surface area contributed by atoms with Crippen LogP contribution in [0.1, 0.15) is 60.9 Å². The van der Waals surface area contributed by atoms with Crippen LogP contribution >= 0.6 is 0 Å². The Labute approximate surface area is 217 Å². The lowest BCUT2D eigenvalue weighted by Crippen LogP contribution is -2.32. The number of benzene rings is 1. The third-order valence-corrected chi connectivity index (χ3v) is 8.59. The van der Waals surface area contributed by atoms with Gasteiger partial charge in [-0.3, -0.25) is 0 Å². The van der Waals surface area contributed by atoms with Crippen molar-refractivity contribution in [3.63, 3.8) is 0 Å². The number of fused-ring (bicyclic) bond motifs is 4. The van der Waals surface area contributed by atoms with Gasteiger partial charge in [0.05, 0.1) is 11.4 Å². The smallest absolute Gasteiger partial charge is 0.241 e. The monoisotopic (exact) mass is 494 g/mol. The fraction of sp³-hybridized carbons (Fsp3) is 0.414. The molecule has 0 radical (unpaired) electrons. The van der Waals surface area contributed by atoms with E-state index in [1.807, 2.05) is 0 Å². The predicted molar refractivity (Wildman–Crippen MR) is 147 cm³/mol. The summed E-state index contributed by atoms with van der Waals surface area (Å²) in [5.74, 6) is 1.56. The molecule has 0 saturated carbocycles. The number of nitrogens with one attached hydrogen (secondary N) is 2. The molecule has 0 fully saturated rings. The number of nitrogens with two attached hydrogens (primary N) is 2. The van der Waals surface area contributed by atoms with E-state index in [1.165, 1.54) is 28.0 Å². The summed E-state index contributed by atoms with van der Waals surface area (Å²) in [5, 5.41) is 11.7. The first-order valence-electron chi connectivity index (χ1n) is 13.6. The van der Waals surface area contributed by atoms with Gasteiger partial charge >= 0.3 is 0 Å². The highest BCUT2D eigenvalue weighted by Gasteiger charge is 2.38. The van der Waals surface area contributed by atoms with Crippen molar-refractivity contribution in [1.82, 2.24) is 19.7 Å². The van der Waals surface area contributed by atoms with E-state index < -0.39 is 0 Å². The summed E-state index contributed by atoms with van der Waals surface area (Å²) in [6.45, 7) is 0.980. The summed E-state index contributed by atoms with van der Waals surface area (Å²) in [5.41, 5.74) is 21.1. The minimum absolute atomic E-state index is 0.00850. The van der Waals surface area contributed by atoms with Crippen LogP contribution in [0.3, 0.4) is 0 Å². The van der Waals surface area contributed by atoms with E-state index in [-0.39, 0.29) is 17.4 Å². The lowest BCUT2D eigenvalue weighted by Gasteiger charge is -2.40. The fourth-order valence-electron chi connectivity index (χ4n) is 6.42. The minimum Gasteiger partial charge on any atom is -0.383 e. The van der Waals surface area contributed by atoms with Gasteiger partial charge in [-0.05, 0) is 92.7 Å². The van der Waals surface area contributed by atoms with Crippen molar-refractivity contribution in [2.45, 2.75) is 69.2 Å². The zero-order valence-electron chi connectivity index (χ0n) is 21.1. The van der Waals surface area contributed by atoms with E-state index in [1.54, 1.807) is 4.68 Å². The maximum absolute atomic E-state index is 6.23. The van der Waals surface area contributed by atoms with Crippen molar-refractivity contribution in [3.8, 4) is 5.82 Å². The quantitative estimate of drug-likeness (QED) is 0.395. The summed E-state index contributed by atoms with van der Waals surface area (Å²) in [7, 11) is 0. The van der Waals surface area contributed by atoms with Gasteiger partial charge < -0.3 is 22.1 Å². The Kier molecular flexibility index (Phi) is 5.32. The Bertz CT molecular complexity index is 1430. The second-order valence-corrected chi connectivity index (χ2v) is 11.0. The van der Waals surface area contributed by atoms with E-state index in [0.717, 1.165) is 81.5 Å². The van der Waals surface area contributed by atoms with Gasteiger partial charge in [-0.1, -0.05) is 29.9 Å². The van der Waals surface area contributed by atoms with E-state index in [9.17, 15) is 0 Å². The van der Waals surface area contributed by atoms with Crippen LogP contribution in [0.4, 0.5) is 23.3 Å². The van der Waals surface area contributed by atoms with Gasteiger partial charge in [0.2, 0.25) is 11.9 Å². The molecule has 1 unspecified atom stereocenters. The van der Waals surface area contributed by atoms with Gasteiger partial charge in [0.25, 0.3) is 0 Å². The van der Waals surface area contributed by atoms with Crippen LogP contribution in [-0.2, 0) is 24.7 Å². The third-order valence-electron chi connectivity index (χ3n) is 8.59. The number of rotatable bonds is 4. The van der Waals surface area contributed by atoms with Gasteiger partial charge in [0.1, 0.15) is 0 Å². The van der Waals surface area contributed by atoms with Crippen LogP contribution in [0.2, 0.25) is 0 Å². The molecule has 37 heavy (non-hydrogen) atoms. The van der Waals surface area contributed by atoms with Gasteiger partial charge in [-0.25, -0.2) is 4.98 Å². The topological polar surface area (TPSA) is 120 Å². The molecule has 0 saturated heterocycles. The van der Waals surface area contributed by atoms with Crippen LogP contribution in [-0.4, -0.2) is 32.3 Å². The van der Waals surface area contributed by atoms with E-state index >= 15 is 0 Å². The molecular formula is C29H34N8. The summed E-state index contributed by atoms with van der Waals surface area (Å²) in [6.07, 6.45) is 16.5. The van der Waals surface area contributed by atoms with E-state index in [2.05, 4.69) is 63.2 Å². The van der Waals surface area contributed by atoms with Crippen molar-refractivity contribution in [2.75, 3.05) is 22.9 Å². The number of hydrogen-bond acceptors (Lipinski definition) is 7. The molecule has 3 heterocycles. The normalized spacial score (nSPS) is 24.0. The standard InChI is InChI=1S/C29H34N8/c30-21-6-3-19-5-8-22(16-20(19)4-7-21)33-28-35-27(31)36-37(28)25-17-23(26-24(34-25)2-1-15-32-26)29-12-9-18(10-13-29)11-14-29/h5,8-10,12,16-17,21,32H,1-4,6-7,11,13-15,30H2,(H3,31,33,35,36)/t21-,29?/m0/s1. The van der Waals surface area contributed by atoms with Crippen molar-refractivity contribution >= 4 is 23.3 Å². The number of aryl methyl sites for hydroxylation is 3. The van der Waals surface area contributed by atoms with E-state index in [4.69, 9.17) is 16.5 Å². The SMILES string of the molecule is Nc1nc(Nc2ccc3c(c2)CC[C@@H](N)CC3)n(-c2cc(C34C=CC(=CC3)CC4)c3c(n2)CCCN3)n1. The van der Waals surface area contributed by atoms with Crippen molar-refractivity contribution < 1.29 is 0 Å². The molecule has 2 atom stereocenters. The van der Waals surface area contributed by atoms with Crippen molar-refractivity contribution in [3.05, 3.63) is 70.5 Å². The number of allylic oxidation sites excluding steroid dienone is 4. The molecule has 2 bridgehead atoms. The Morgan fingerprint density at radius 3 is 2.76 bits per heavy atom. The molecule has 0 amide bonds. The molecule has 4 aliphatic carbocycles. The lowest BCUT2D eigenvalue weighted by atomic mass is 9.65. The maximum Gasteiger partial charge on any atom is 0.241 e. The first kappa shape index (κ1) is 22.5. The average molecular weight is 495 g/mol. The molecule has 3 aromatic rings. The highest BCUT2D eigenvalue weighted by molar-refractivity contribution is 5.66. The average Bonchev–Trinajstić information content (AvgIpc) is 3.20. The first-order chi connectivity index (χ1) is 18.1. The molecular weight excluding hydrogens is 460 g/mol. The second-order valence-electron chi connectivity index (χ2n) is 11.0. The second kappa shape index (κ2) is 8.73. The highest BCUT2D eigenvalue weighted by Crippen LogP contribution is 2.48. The van der Waals surface area contributed by atoms with Crippen LogP contribution in [0.5, 0.6) is 0 Å². The number of aromatic nitrogens is 4. The number of anilines is 4. The van der Waals surface area contributed by atoms with Crippen molar-refractivity contribution in [2.24, 2.45) is 5.73 Å². The zero-order valence-corrected chi connectivity index (χ0v) is 21.1. The molecule has 1 aliphatic heterocycles. The molecule has 8 rings (SSSR count). The molecule has 190 valence electrons. The number of nitrogen functional groups attached to an aromatic ring is 1. The van der Waals surface area contributed by atoms with Crippen LogP contribution < -0.4 is 22.1 Å². The zero-order chi connectivity index (χ0) is 25.0. The third kappa shape index (κ3) is 4.00. The summed E-state index contributed by atoms with van der Waals surface area (Å²) >= 11 is 0. The highest BCUT2D eigenvalue weighted by atomic mass is 15.4. The molecule has 5 aliphatic rings. The summed E-state index contributed by atoms with van der Waals surface area (Å²) in [4.78, 5) is 9.62. The Hall–Kier alpha value is -3.65. The Morgan fingerprint density at radius 2 is 1.95 bits per heavy atom. The van der Waals surface area contributed by atoms with Gasteiger partial charge in [0.15, 0.2) is 5.82 Å². The van der Waals surface area contributed by atoms with Crippen LogP contribution in [0.25, 0.3) is 5.82 Å². The largest absolute Gasteiger partial charge is 0.383 e. The number of hydrogen-bond donors (Lipinski definition) is 4. The summed E-state index contributed by atoms with van der Waals surface area (Å²) in [6, 6.07) is 9.01. The molecule has 8 heteroatoms. The molecule has 1 aromatic carbocycles. The van der Waals surface area contributed by atoms with Crippen LogP contribution in [0, 0.1) is 0 Å². The van der Waals surface area contributed by atoms with Crippen molar-refractivity contribution in [1.29, 1.82) is 0 Å². The molecule has 6 N–H and O–H groups in total. The fourth-order valence-corrected chi connectivity index (χ4v) is 6.42. The Balaban J connectivity index is 1.28. The predicted octanol–water partition coefficient (Wildman–Crippen LogP) is 4.47. The Morgan fingerprint density at radius 1 is 1.05 bits per heavy atom. The van der Waals surface area contributed by atoms with Gasteiger partial charge in [0, 0.05) is 23.7 Å². The molecule has 0 spiro atoms. The first-order valence-corrected chi connectivity index (χ1v) is 13.6.